The van der Waals surface area contributed by atoms with Crippen molar-refractivity contribution in [2.45, 2.75) is 4.90 Å². The van der Waals surface area contributed by atoms with Crippen LogP contribution < -0.4 is 19.5 Å². The minimum atomic E-state index is -3.75. The Morgan fingerprint density at radius 2 is 1.87 bits per heavy atom. The van der Waals surface area contributed by atoms with Gasteiger partial charge in [0, 0.05) is 30.9 Å². The predicted molar refractivity (Wildman–Crippen MR) is 113 cm³/mol. The van der Waals surface area contributed by atoms with Gasteiger partial charge >= 0.3 is 0 Å². The third kappa shape index (κ3) is 4.66. The SMILES string of the molecule is COc1ccc(/C=C/C(=O)Nc2ccc3c(c2)OCO3)cc1S(=O)(=O)N1CCOCC1. The molecule has 10 heteroatoms. The van der Waals surface area contributed by atoms with Crippen LogP contribution >= 0.6 is 0 Å². The summed E-state index contributed by atoms with van der Waals surface area (Å²) in [6.07, 6.45) is 2.87. The lowest BCUT2D eigenvalue weighted by Gasteiger charge is -2.26. The first-order valence-electron chi connectivity index (χ1n) is 9.62. The summed E-state index contributed by atoms with van der Waals surface area (Å²) >= 11 is 0. The van der Waals surface area contributed by atoms with E-state index < -0.39 is 10.0 Å². The summed E-state index contributed by atoms with van der Waals surface area (Å²) in [4.78, 5) is 12.4. The summed E-state index contributed by atoms with van der Waals surface area (Å²) in [6, 6.07) is 9.85. The van der Waals surface area contributed by atoms with Crippen LogP contribution in [0.1, 0.15) is 5.56 Å². The molecule has 2 aromatic rings. The van der Waals surface area contributed by atoms with Crippen molar-refractivity contribution in [1.82, 2.24) is 4.31 Å². The first-order valence-corrected chi connectivity index (χ1v) is 11.1. The molecule has 31 heavy (non-hydrogen) atoms. The van der Waals surface area contributed by atoms with Crippen molar-refractivity contribution in [3.63, 3.8) is 0 Å². The maximum Gasteiger partial charge on any atom is 0.248 e. The fourth-order valence-corrected chi connectivity index (χ4v) is 4.85. The van der Waals surface area contributed by atoms with Crippen molar-refractivity contribution in [2.75, 3.05) is 45.5 Å². The quantitative estimate of drug-likeness (QED) is 0.678. The number of nitrogens with zero attached hydrogens (tertiary/aromatic N) is 1. The van der Waals surface area contributed by atoms with Gasteiger partial charge in [0.25, 0.3) is 0 Å². The van der Waals surface area contributed by atoms with E-state index in [9.17, 15) is 13.2 Å². The van der Waals surface area contributed by atoms with E-state index in [1.807, 2.05) is 0 Å². The van der Waals surface area contributed by atoms with E-state index in [1.165, 1.54) is 23.6 Å². The Labute approximate surface area is 180 Å². The molecule has 0 unspecified atom stereocenters. The van der Waals surface area contributed by atoms with E-state index in [0.717, 1.165) is 0 Å². The Morgan fingerprint density at radius 3 is 2.65 bits per heavy atom. The Bertz CT molecular complexity index is 1110. The zero-order valence-corrected chi connectivity index (χ0v) is 17.7. The second-order valence-corrected chi connectivity index (χ2v) is 8.72. The third-order valence-corrected chi connectivity index (χ3v) is 6.76. The predicted octanol–water partition coefficient (Wildman–Crippen LogP) is 2.10. The highest BCUT2D eigenvalue weighted by Crippen LogP contribution is 2.34. The highest BCUT2D eigenvalue weighted by Gasteiger charge is 2.29. The van der Waals surface area contributed by atoms with E-state index in [0.29, 0.717) is 36.0 Å². The number of hydrogen-bond donors (Lipinski definition) is 1. The molecule has 2 aliphatic heterocycles. The van der Waals surface area contributed by atoms with Crippen molar-refractivity contribution in [2.24, 2.45) is 0 Å². The zero-order valence-electron chi connectivity index (χ0n) is 16.9. The maximum atomic E-state index is 13.1. The first kappa shape index (κ1) is 21.2. The Balaban J connectivity index is 1.51. The molecule has 1 fully saturated rings. The van der Waals surface area contributed by atoms with E-state index >= 15 is 0 Å². The summed E-state index contributed by atoms with van der Waals surface area (Å²) < 4.78 is 48.5. The molecule has 1 saturated heterocycles. The molecule has 4 rings (SSSR count). The number of carbonyl (C=O) groups is 1. The van der Waals surface area contributed by atoms with Crippen molar-refractivity contribution in [1.29, 1.82) is 0 Å². The van der Waals surface area contributed by atoms with Gasteiger partial charge in [0.05, 0.1) is 20.3 Å². The lowest BCUT2D eigenvalue weighted by atomic mass is 10.2. The molecule has 0 bridgehead atoms. The van der Waals surface area contributed by atoms with Crippen LogP contribution in [0.5, 0.6) is 17.2 Å². The van der Waals surface area contributed by atoms with Gasteiger partial charge in [-0.2, -0.15) is 4.31 Å². The van der Waals surface area contributed by atoms with E-state index in [-0.39, 0.29) is 36.4 Å². The number of rotatable bonds is 6. The number of fused-ring (bicyclic) bond motifs is 1. The Morgan fingerprint density at radius 1 is 1.10 bits per heavy atom. The smallest absolute Gasteiger partial charge is 0.248 e. The number of anilines is 1. The molecule has 0 spiro atoms. The number of carbonyl (C=O) groups excluding carboxylic acids is 1. The molecule has 2 aliphatic rings. The largest absolute Gasteiger partial charge is 0.495 e. The number of amides is 1. The van der Waals surface area contributed by atoms with E-state index in [2.05, 4.69) is 5.32 Å². The van der Waals surface area contributed by atoms with E-state index in [4.69, 9.17) is 18.9 Å². The molecule has 0 atom stereocenters. The fourth-order valence-electron chi connectivity index (χ4n) is 3.25. The molecule has 0 aromatic heterocycles. The lowest BCUT2D eigenvalue weighted by Crippen LogP contribution is -2.40. The summed E-state index contributed by atoms with van der Waals surface area (Å²) in [7, 11) is -2.33. The fraction of sp³-hybridized carbons (Fsp3) is 0.286. The van der Waals surface area contributed by atoms with Gasteiger partial charge in [-0.1, -0.05) is 6.07 Å². The van der Waals surface area contributed by atoms with Gasteiger partial charge in [-0.05, 0) is 35.9 Å². The summed E-state index contributed by atoms with van der Waals surface area (Å²) in [5, 5.41) is 2.73. The monoisotopic (exact) mass is 446 g/mol. The summed E-state index contributed by atoms with van der Waals surface area (Å²) in [6.45, 7) is 1.41. The average molecular weight is 446 g/mol. The molecule has 1 amide bonds. The molecular formula is C21H22N2O7S. The molecular weight excluding hydrogens is 424 g/mol. The van der Waals surface area contributed by atoms with Gasteiger partial charge in [-0.3, -0.25) is 4.79 Å². The number of hydrogen-bond acceptors (Lipinski definition) is 7. The van der Waals surface area contributed by atoms with Gasteiger partial charge in [-0.25, -0.2) is 8.42 Å². The van der Waals surface area contributed by atoms with E-state index in [1.54, 1.807) is 36.4 Å². The molecule has 9 nitrogen and oxygen atoms in total. The Hall–Kier alpha value is -3.08. The highest BCUT2D eigenvalue weighted by atomic mass is 32.2. The topological polar surface area (TPSA) is 103 Å². The van der Waals surface area contributed by atoms with Crippen LogP contribution in [0.2, 0.25) is 0 Å². The molecule has 164 valence electrons. The van der Waals surface area contributed by atoms with Gasteiger partial charge in [0.1, 0.15) is 10.6 Å². The number of nitrogens with one attached hydrogen (secondary N) is 1. The first-order chi connectivity index (χ1) is 15.0. The lowest BCUT2D eigenvalue weighted by molar-refractivity contribution is -0.111. The van der Waals surface area contributed by atoms with Crippen molar-refractivity contribution in [3.05, 3.63) is 48.0 Å². The summed E-state index contributed by atoms with van der Waals surface area (Å²) in [5.41, 5.74) is 1.11. The van der Waals surface area contributed by atoms with Crippen LogP contribution in [0.3, 0.4) is 0 Å². The average Bonchev–Trinajstić information content (AvgIpc) is 3.26. The highest BCUT2D eigenvalue weighted by molar-refractivity contribution is 7.89. The van der Waals surface area contributed by atoms with Gasteiger partial charge in [0.2, 0.25) is 22.7 Å². The van der Waals surface area contributed by atoms with Gasteiger partial charge in [0.15, 0.2) is 11.5 Å². The van der Waals surface area contributed by atoms with Crippen LogP contribution in [0.4, 0.5) is 5.69 Å². The molecule has 2 aromatic carbocycles. The molecule has 1 N–H and O–H groups in total. The van der Waals surface area contributed by atoms with Crippen molar-refractivity contribution in [3.8, 4) is 17.2 Å². The second kappa shape index (κ2) is 8.96. The van der Waals surface area contributed by atoms with Gasteiger partial charge < -0.3 is 24.3 Å². The maximum absolute atomic E-state index is 13.1. The summed E-state index contributed by atoms with van der Waals surface area (Å²) in [5.74, 6) is 1.07. The zero-order chi connectivity index (χ0) is 21.8. The minimum Gasteiger partial charge on any atom is -0.495 e. The number of sulfonamides is 1. The number of benzene rings is 2. The van der Waals surface area contributed by atoms with Crippen molar-refractivity contribution >= 4 is 27.7 Å². The Kier molecular flexibility index (Phi) is 6.12. The minimum absolute atomic E-state index is 0.0511. The van der Waals surface area contributed by atoms with Crippen LogP contribution in [-0.2, 0) is 19.6 Å². The molecule has 2 heterocycles. The second-order valence-electron chi connectivity index (χ2n) is 6.82. The van der Waals surface area contributed by atoms with Crippen LogP contribution in [0.15, 0.2) is 47.4 Å². The normalized spacial score (nSPS) is 16.4. The third-order valence-electron chi connectivity index (χ3n) is 4.84. The molecule has 0 radical (unpaired) electrons. The van der Waals surface area contributed by atoms with Crippen LogP contribution in [0.25, 0.3) is 6.08 Å². The number of methoxy groups -OCH3 is 1. The molecule has 0 saturated carbocycles. The number of morpholine rings is 1. The van der Waals surface area contributed by atoms with Crippen LogP contribution in [0, 0.1) is 0 Å². The van der Waals surface area contributed by atoms with Crippen molar-refractivity contribution < 1.29 is 32.2 Å². The van der Waals surface area contributed by atoms with Crippen LogP contribution in [-0.4, -0.2) is 58.8 Å². The number of ether oxygens (including phenoxy) is 4. The molecule has 0 aliphatic carbocycles. The standard InChI is InChI=1S/C21H22N2O7S/c1-27-18-5-2-15(12-20(18)31(25,26)23-8-10-28-11-9-23)3-7-21(24)22-16-4-6-17-19(13-16)30-14-29-17/h2-7,12-13H,8-11,14H2,1H3,(H,22,24)/b7-3+. The van der Waals surface area contributed by atoms with Gasteiger partial charge in [-0.15, -0.1) is 0 Å².